The maximum Gasteiger partial charge on any atom is 0.243 e. The molecule has 4 aliphatic carbocycles. The van der Waals surface area contributed by atoms with Crippen molar-refractivity contribution in [3.05, 3.63) is 29.8 Å². The van der Waals surface area contributed by atoms with Crippen LogP contribution in [0.2, 0.25) is 0 Å². The van der Waals surface area contributed by atoms with Crippen molar-refractivity contribution in [2.45, 2.75) is 24.7 Å². The zero-order valence-electron chi connectivity index (χ0n) is 12.1. The van der Waals surface area contributed by atoms with Crippen LogP contribution in [0.25, 0.3) is 0 Å². The monoisotopic (exact) mass is 301 g/mol. The number of nitrogens with zero attached hydrogens (tertiary/aromatic N) is 1. The van der Waals surface area contributed by atoms with Crippen LogP contribution in [0.4, 0.5) is 0 Å². The molecule has 3 nitrogen and oxygen atoms in total. The van der Waals surface area contributed by atoms with E-state index in [1.165, 1.54) is 12.8 Å². The van der Waals surface area contributed by atoms with E-state index in [0.717, 1.165) is 42.3 Å². The lowest BCUT2D eigenvalue weighted by Crippen LogP contribution is -2.35. The third kappa shape index (κ3) is 0.994. The summed E-state index contributed by atoms with van der Waals surface area (Å²) in [5, 5.41) is 0. The van der Waals surface area contributed by atoms with Gasteiger partial charge in [0.1, 0.15) is 0 Å². The summed E-state index contributed by atoms with van der Waals surface area (Å²) in [5.41, 5.74) is 1.92. The summed E-state index contributed by atoms with van der Waals surface area (Å²) in [6, 6.07) is 7.32. The first kappa shape index (κ1) is 11.7. The predicted molar refractivity (Wildman–Crippen MR) is 78.0 cm³/mol. The van der Waals surface area contributed by atoms with E-state index in [-0.39, 0.29) is 0 Å². The molecule has 4 heteroatoms. The Morgan fingerprint density at radius 3 is 2.57 bits per heavy atom. The van der Waals surface area contributed by atoms with Crippen LogP contribution in [0, 0.1) is 41.4 Å². The predicted octanol–water partition coefficient (Wildman–Crippen LogP) is 2.27. The number of aryl methyl sites for hydroxylation is 1. The molecule has 110 valence electrons. The van der Waals surface area contributed by atoms with E-state index in [9.17, 15) is 8.42 Å². The Balaban J connectivity index is 1.38. The standard InChI is InChI=1S/C17H19NO2S/c1-10-2-4-11(5-3-10)21(19,20)18-8-16-7-13-12-6-14(16)17(16,9-18)15(12)13/h2-5,12-15H,6-9H2,1H3/t12-,13?,14+,15?,16?,17?/m1/s1. The highest BCUT2D eigenvalue weighted by atomic mass is 32.2. The van der Waals surface area contributed by atoms with Gasteiger partial charge in [-0.05, 0) is 66.4 Å². The first-order valence-corrected chi connectivity index (χ1v) is 9.52. The van der Waals surface area contributed by atoms with E-state index in [1.807, 2.05) is 23.4 Å². The third-order valence-corrected chi connectivity index (χ3v) is 9.53. The molecule has 4 saturated carbocycles. The lowest BCUT2D eigenvalue weighted by atomic mass is 9.88. The Hall–Kier alpha value is -0.870. The fourth-order valence-electron chi connectivity index (χ4n) is 7.01. The second-order valence-corrected chi connectivity index (χ2v) is 10.1. The van der Waals surface area contributed by atoms with Gasteiger partial charge in [0.25, 0.3) is 0 Å². The number of rotatable bonds is 2. The summed E-state index contributed by atoms with van der Waals surface area (Å²) in [6.07, 6.45) is 2.74. The normalized spacial score (nSPS) is 51.9. The Bertz CT molecular complexity index is 782. The smallest absolute Gasteiger partial charge is 0.207 e. The molecule has 1 aliphatic heterocycles. The largest absolute Gasteiger partial charge is 0.243 e. The van der Waals surface area contributed by atoms with Gasteiger partial charge < -0.3 is 0 Å². The van der Waals surface area contributed by atoms with Gasteiger partial charge in [0, 0.05) is 13.1 Å². The van der Waals surface area contributed by atoms with Gasteiger partial charge in [-0.15, -0.1) is 0 Å². The molecular formula is C17H19NO2S. The molecule has 6 rings (SSSR count). The Labute approximate surface area is 125 Å². The van der Waals surface area contributed by atoms with Gasteiger partial charge in [-0.25, -0.2) is 8.42 Å². The van der Waals surface area contributed by atoms with Crippen molar-refractivity contribution in [3.8, 4) is 0 Å². The van der Waals surface area contributed by atoms with Crippen molar-refractivity contribution in [3.63, 3.8) is 0 Å². The summed E-state index contributed by atoms with van der Waals surface area (Å²) in [6.45, 7) is 3.60. The highest BCUT2D eigenvalue weighted by molar-refractivity contribution is 7.89. The number of hydrogen-bond donors (Lipinski definition) is 0. The second-order valence-electron chi connectivity index (χ2n) is 8.13. The molecule has 4 unspecified atom stereocenters. The number of benzene rings is 1. The van der Waals surface area contributed by atoms with Crippen molar-refractivity contribution in [1.82, 2.24) is 4.31 Å². The third-order valence-electron chi connectivity index (χ3n) is 7.72. The van der Waals surface area contributed by atoms with Crippen molar-refractivity contribution in [1.29, 1.82) is 0 Å². The summed E-state index contributed by atoms with van der Waals surface area (Å²) >= 11 is 0. The second kappa shape index (κ2) is 2.95. The van der Waals surface area contributed by atoms with E-state index in [1.54, 1.807) is 12.1 Å². The van der Waals surface area contributed by atoms with Crippen LogP contribution in [-0.2, 0) is 10.0 Å². The summed E-state index contributed by atoms with van der Waals surface area (Å²) in [5.74, 6) is 3.70. The maximum atomic E-state index is 12.9. The molecule has 0 N–H and O–H groups in total. The lowest BCUT2D eigenvalue weighted by molar-refractivity contribution is 0.278. The van der Waals surface area contributed by atoms with Gasteiger partial charge in [-0.3, -0.25) is 0 Å². The van der Waals surface area contributed by atoms with Gasteiger partial charge in [0.05, 0.1) is 4.90 Å². The van der Waals surface area contributed by atoms with Gasteiger partial charge >= 0.3 is 0 Å². The van der Waals surface area contributed by atoms with Crippen LogP contribution >= 0.6 is 0 Å². The quantitative estimate of drug-likeness (QED) is 0.840. The molecule has 1 heterocycles. The molecule has 5 fully saturated rings. The number of fused-ring (bicyclic) bond motifs is 1. The zero-order chi connectivity index (χ0) is 14.2. The van der Waals surface area contributed by atoms with E-state index < -0.39 is 10.0 Å². The summed E-state index contributed by atoms with van der Waals surface area (Å²) in [4.78, 5) is 0.472. The van der Waals surface area contributed by atoms with Gasteiger partial charge in [0.2, 0.25) is 10.0 Å². The highest BCUT2D eigenvalue weighted by Crippen LogP contribution is 2.98. The van der Waals surface area contributed by atoms with Crippen LogP contribution in [0.15, 0.2) is 29.2 Å². The fourth-order valence-corrected chi connectivity index (χ4v) is 8.57. The van der Waals surface area contributed by atoms with Gasteiger partial charge in [-0.1, -0.05) is 17.7 Å². The molecule has 1 spiro atoms. The first-order chi connectivity index (χ1) is 10.0. The molecule has 0 bridgehead atoms. The van der Waals surface area contributed by atoms with Crippen LogP contribution < -0.4 is 0 Å². The van der Waals surface area contributed by atoms with Crippen molar-refractivity contribution in [2.24, 2.45) is 34.5 Å². The molecule has 21 heavy (non-hydrogen) atoms. The summed E-state index contributed by atoms with van der Waals surface area (Å²) in [7, 11) is -3.29. The molecule has 1 aromatic carbocycles. The van der Waals surface area contributed by atoms with Crippen molar-refractivity contribution < 1.29 is 8.42 Å². The Kier molecular flexibility index (Phi) is 1.64. The Morgan fingerprint density at radius 1 is 1.14 bits per heavy atom. The average molecular weight is 301 g/mol. The molecule has 0 aromatic heterocycles. The Morgan fingerprint density at radius 2 is 1.90 bits per heavy atom. The zero-order valence-corrected chi connectivity index (χ0v) is 12.9. The molecular weight excluding hydrogens is 282 g/mol. The van der Waals surface area contributed by atoms with Gasteiger partial charge in [-0.2, -0.15) is 4.31 Å². The topological polar surface area (TPSA) is 37.4 Å². The number of sulfonamides is 1. The highest BCUT2D eigenvalue weighted by Gasteiger charge is 2.96. The van der Waals surface area contributed by atoms with E-state index in [4.69, 9.17) is 0 Å². The van der Waals surface area contributed by atoms with E-state index in [2.05, 4.69) is 0 Å². The first-order valence-electron chi connectivity index (χ1n) is 8.08. The minimum absolute atomic E-state index is 0.398. The molecule has 0 radical (unpaired) electrons. The van der Waals surface area contributed by atoms with Crippen LogP contribution in [0.5, 0.6) is 0 Å². The van der Waals surface area contributed by atoms with Crippen LogP contribution in [0.3, 0.4) is 0 Å². The molecule has 1 aromatic rings. The number of hydrogen-bond acceptors (Lipinski definition) is 2. The van der Waals surface area contributed by atoms with Crippen LogP contribution in [-0.4, -0.2) is 25.8 Å². The van der Waals surface area contributed by atoms with Crippen LogP contribution in [0.1, 0.15) is 18.4 Å². The minimum atomic E-state index is -3.29. The van der Waals surface area contributed by atoms with E-state index in [0.29, 0.717) is 15.7 Å². The number of piperidine rings is 1. The van der Waals surface area contributed by atoms with E-state index >= 15 is 0 Å². The average Bonchev–Trinajstić information content (AvgIpc) is 3.10. The SMILES string of the molecule is Cc1ccc(S(=O)(=O)N2CC34CC5C6[C@@H]5C[C@@H]3C64C2)cc1. The molecule has 6 atom stereocenters. The molecule has 5 aliphatic rings. The summed E-state index contributed by atoms with van der Waals surface area (Å²) < 4.78 is 27.6. The maximum absolute atomic E-state index is 12.9. The minimum Gasteiger partial charge on any atom is -0.207 e. The fraction of sp³-hybridized carbons (Fsp3) is 0.647. The van der Waals surface area contributed by atoms with Crippen molar-refractivity contribution in [2.75, 3.05) is 13.1 Å². The molecule has 0 amide bonds. The van der Waals surface area contributed by atoms with Gasteiger partial charge in [0.15, 0.2) is 0 Å². The van der Waals surface area contributed by atoms with Crippen molar-refractivity contribution >= 4 is 10.0 Å². The molecule has 1 saturated heterocycles. The lowest BCUT2D eigenvalue weighted by Gasteiger charge is -2.26.